The first kappa shape index (κ1) is 14.3. The molecule has 0 aliphatic heterocycles. The van der Waals surface area contributed by atoms with Crippen molar-refractivity contribution in [1.82, 2.24) is 10.2 Å². The number of hydrogen-bond donors (Lipinski definition) is 1. The molecule has 96 valence electrons. The van der Waals surface area contributed by atoms with Crippen LogP contribution in [0.25, 0.3) is 11.1 Å². The topological polar surface area (TPSA) is 46.0 Å². The number of rotatable bonds is 2. The van der Waals surface area contributed by atoms with Crippen molar-refractivity contribution < 1.29 is 5.11 Å². The van der Waals surface area contributed by atoms with E-state index < -0.39 is 0 Å². The smallest absolute Gasteiger partial charge is 0.0920 e. The Balaban J connectivity index is 0.000000771. The number of aromatic nitrogens is 2. The molecular formula is C15H20N2O. The van der Waals surface area contributed by atoms with Crippen LogP contribution in [0.4, 0.5) is 0 Å². The van der Waals surface area contributed by atoms with Crippen molar-refractivity contribution >= 4 is 0 Å². The number of nitrogens with zero attached hydrogens (tertiary/aromatic N) is 2. The average Bonchev–Trinajstić information content (AvgIpc) is 2.42. The van der Waals surface area contributed by atoms with E-state index in [1.807, 2.05) is 58.0 Å². The normalized spacial score (nSPS) is 9.61. The molecule has 1 aromatic heterocycles. The summed E-state index contributed by atoms with van der Waals surface area (Å²) < 4.78 is 0. The molecule has 1 N–H and O–H groups in total. The molecule has 18 heavy (non-hydrogen) atoms. The van der Waals surface area contributed by atoms with Crippen LogP contribution in [0, 0.1) is 13.8 Å². The van der Waals surface area contributed by atoms with Crippen molar-refractivity contribution in [2.24, 2.45) is 0 Å². The highest BCUT2D eigenvalue weighted by atomic mass is 16.3. The molecule has 0 saturated carbocycles. The van der Waals surface area contributed by atoms with E-state index in [9.17, 15) is 5.11 Å². The summed E-state index contributed by atoms with van der Waals surface area (Å²) in [6.07, 6.45) is 0. The van der Waals surface area contributed by atoms with Gasteiger partial charge in [0.15, 0.2) is 0 Å². The van der Waals surface area contributed by atoms with E-state index in [4.69, 9.17) is 0 Å². The second-order valence-electron chi connectivity index (χ2n) is 3.76. The lowest BCUT2D eigenvalue weighted by Gasteiger charge is -2.11. The predicted molar refractivity (Wildman–Crippen MR) is 74.2 cm³/mol. The van der Waals surface area contributed by atoms with E-state index in [0.29, 0.717) is 5.69 Å². The van der Waals surface area contributed by atoms with Gasteiger partial charge >= 0.3 is 0 Å². The summed E-state index contributed by atoms with van der Waals surface area (Å²) in [5.74, 6) is 0. The van der Waals surface area contributed by atoms with Crippen molar-refractivity contribution in [2.75, 3.05) is 0 Å². The molecule has 1 aromatic carbocycles. The molecule has 0 saturated heterocycles. The quantitative estimate of drug-likeness (QED) is 0.881. The van der Waals surface area contributed by atoms with Crippen molar-refractivity contribution in [1.29, 1.82) is 0 Å². The zero-order valence-corrected chi connectivity index (χ0v) is 11.4. The fourth-order valence-corrected chi connectivity index (χ4v) is 1.86. The zero-order chi connectivity index (χ0) is 13.5. The highest BCUT2D eigenvalue weighted by molar-refractivity contribution is 5.69. The van der Waals surface area contributed by atoms with E-state index in [2.05, 4.69) is 10.2 Å². The van der Waals surface area contributed by atoms with E-state index in [1.54, 1.807) is 0 Å². The first-order valence-corrected chi connectivity index (χ1v) is 6.23. The van der Waals surface area contributed by atoms with Gasteiger partial charge < -0.3 is 5.11 Å². The van der Waals surface area contributed by atoms with Gasteiger partial charge in [-0.05, 0) is 25.0 Å². The summed E-state index contributed by atoms with van der Waals surface area (Å²) in [5.41, 5.74) is 4.72. The molecule has 0 aliphatic carbocycles. The van der Waals surface area contributed by atoms with Crippen LogP contribution in [0.15, 0.2) is 30.3 Å². The fraction of sp³-hybridized carbons (Fsp3) is 0.333. The SMILES string of the molecule is CC.Cc1nnc(CO)c(C)c1-c1ccccc1. The van der Waals surface area contributed by atoms with Crippen molar-refractivity contribution in [3.63, 3.8) is 0 Å². The largest absolute Gasteiger partial charge is 0.390 e. The van der Waals surface area contributed by atoms with Gasteiger partial charge in [0, 0.05) is 5.56 Å². The zero-order valence-electron chi connectivity index (χ0n) is 11.4. The first-order chi connectivity index (χ1) is 8.74. The molecule has 0 spiro atoms. The lowest BCUT2D eigenvalue weighted by molar-refractivity contribution is 0.274. The van der Waals surface area contributed by atoms with Crippen molar-refractivity contribution in [2.45, 2.75) is 34.3 Å². The third kappa shape index (κ3) is 2.93. The monoisotopic (exact) mass is 244 g/mol. The second kappa shape index (κ2) is 6.87. The fourth-order valence-electron chi connectivity index (χ4n) is 1.86. The van der Waals surface area contributed by atoms with Crippen LogP contribution in [0.1, 0.15) is 30.8 Å². The highest BCUT2D eigenvalue weighted by Gasteiger charge is 2.11. The predicted octanol–water partition coefficient (Wildman–Crippen LogP) is 3.28. The van der Waals surface area contributed by atoms with Crippen LogP contribution in [0.5, 0.6) is 0 Å². The van der Waals surface area contributed by atoms with Crippen molar-refractivity contribution in [3.8, 4) is 11.1 Å². The summed E-state index contributed by atoms with van der Waals surface area (Å²) in [4.78, 5) is 0. The Morgan fingerprint density at radius 1 is 1.00 bits per heavy atom. The first-order valence-electron chi connectivity index (χ1n) is 6.23. The number of aliphatic hydroxyl groups excluding tert-OH is 1. The lowest BCUT2D eigenvalue weighted by atomic mass is 9.99. The Kier molecular flexibility index (Phi) is 5.46. The Hall–Kier alpha value is -1.74. The molecule has 0 fully saturated rings. The standard InChI is InChI=1S/C13H14N2O.C2H6/c1-9-12(8-16)15-14-10(2)13(9)11-6-4-3-5-7-11;1-2/h3-7,16H,8H2,1-2H3;1-2H3. The van der Waals surface area contributed by atoms with Gasteiger partial charge in [0.1, 0.15) is 0 Å². The van der Waals surface area contributed by atoms with Crippen LogP contribution in [-0.4, -0.2) is 15.3 Å². The van der Waals surface area contributed by atoms with Gasteiger partial charge in [-0.2, -0.15) is 10.2 Å². The molecule has 0 aliphatic rings. The Labute approximate surface area is 109 Å². The minimum atomic E-state index is -0.0705. The Bertz CT molecular complexity index is 495. The summed E-state index contributed by atoms with van der Waals surface area (Å²) in [5, 5.41) is 17.2. The van der Waals surface area contributed by atoms with Crippen LogP contribution < -0.4 is 0 Å². The third-order valence-electron chi connectivity index (χ3n) is 2.70. The van der Waals surface area contributed by atoms with E-state index in [-0.39, 0.29) is 6.61 Å². The van der Waals surface area contributed by atoms with Crippen LogP contribution in [-0.2, 0) is 6.61 Å². The number of aliphatic hydroxyl groups is 1. The summed E-state index contributed by atoms with van der Waals surface area (Å²) in [7, 11) is 0. The number of aryl methyl sites for hydroxylation is 1. The van der Waals surface area contributed by atoms with Gasteiger partial charge in [-0.1, -0.05) is 44.2 Å². The van der Waals surface area contributed by atoms with Gasteiger partial charge in [-0.3, -0.25) is 0 Å². The molecule has 0 radical (unpaired) electrons. The second-order valence-corrected chi connectivity index (χ2v) is 3.76. The minimum Gasteiger partial charge on any atom is -0.390 e. The molecular weight excluding hydrogens is 224 g/mol. The summed E-state index contributed by atoms with van der Waals surface area (Å²) in [6, 6.07) is 10.0. The Morgan fingerprint density at radius 2 is 1.61 bits per heavy atom. The van der Waals surface area contributed by atoms with E-state index >= 15 is 0 Å². The molecule has 0 amide bonds. The van der Waals surface area contributed by atoms with Gasteiger partial charge in [-0.25, -0.2) is 0 Å². The maximum absolute atomic E-state index is 9.18. The summed E-state index contributed by atoms with van der Waals surface area (Å²) in [6.45, 7) is 7.83. The van der Waals surface area contributed by atoms with E-state index in [0.717, 1.165) is 22.4 Å². The maximum Gasteiger partial charge on any atom is 0.0920 e. The molecule has 0 bridgehead atoms. The minimum absolute atomic E-state index is 0.0705. The average molecular weight is 244 g/mol. The Morgan fingerprint density at radius 3 is 2.17 bits per heavy atom. The van der Waals surface area contributed by atoms with E-state index in [1.165, 1.54) is 0 Å². The number of hydrogen-bond acceptors (Lipinski definition) is 3. The van der Waals surface area contributed by atoms with Gasteiger partial charge in [-0.15, -0.1) is 0 Å². The molecule has 0 unspecified atom stereocenters. The molecule has 2 rings (SSSR count). The maximum atomic E-state index is 9.18. The molecule has 2 aromatic rings. The van der Waals surface area contributed by atoms with Gasteiger partial charge in [0.25, 0.3) is 0 Å². The number of benzene rings is 1. The lowest BCUT2D eigenvalue weighted by Crippen LogP contribution is -2.02. The van der Waals surface area contributed by atoms with Crippen LogP contribution in [0.3, 0.4) is 0 Å². The highest BCUT2D eigenvalue weighted by Crippen LogP contribution is 2.26. The van der Waals surface area contributed by atoms with Crippen LogP contribution >= 0.6 is 0 Å². The van der Waals surface area contributed by atoms with Crippen LogP contribution in [0.2, 0.25) is 0 Å². The third-order valence-corrected chi connectivity index (χ3v) is 2.70. The molecule has 3 heteroatoms. The van der Waals surface area contributed by atoms with Gasteiger partial charge in [0.05, 0.1) is 18.0 Å². The molecule has 3 nitrogen and oxygen atoms in total. The molecule has 0 atom stereocenters. The summed E-state index contributed by atoms with van der Waals surface area (Å²) >= 11 is 0. The van der Waals surface area contributed by atoms with Gasteiger partial charge in [0.2, 0.25) is 0 Å². The van der Waals surface area contributed by atoms with Crippen molar-refractivity contribution in [3.05, 3.63) is 47.3 Å². The molecule has 1 heterocycles.